The van der Waals surface area contributed by atoms with E-state index in [2.05, 4.69) is 29.5 Å². The van der Waals surface area contributed by atoms with E-state index < -0.39 is 0 Å². The minimum absolute atomic E-state index is 0.501. The molecule has 0 atom stereocenters. The first-order chi connectivity index (χ1) is 8.69. The lowest BCUT2D eigenvalue weighted by atomic mass is 10.1. The molecule has 0 aliphatic carbocycles. The van der Waals surface area contributed by atoms with Crippen LogP contribution in [-0.4, -0.2) is 16.8 Å². The summed E-state index contributed by atoms with van der Waals surface area (Å²) in [4.78, 5) is 0. The average Bonchev–Trinajstić information content (AvgIpc) is 2.75. The first kappa shape index (κ1) is 12.6. The first-order valence-corrected chi connectivity index (χ1v) is 6.04. The largest absolute Gasteiger partial charge is 0.487 e. The minimum Gasteiger partial charge on any atom is -0.487 e. The molecule has 0 amide bonds. The van der Waals surface area contributed by atoms with Crippen molar-refractivity contribution in [1.29, 1.82) is 0 Å². The van der Waals surface area contributed by atoms with Crippen LogP contribution in [0.4, 0.5) is 0 Å². The molecule has 0 saturated carbocycles. The maximum Gasteiger partial charge on any atom is 0.132 e. The molecule has 2 aromatic rings. The predicted octanol–water partition coefficient (Wildman–Crippen LogP) is 2.03. The summed E-state index contributed by atoms with van der Waals surface area (Å²) >= 11 is 0. The Morgan fingerprint density at radius 3 is 2.83 bits per heavy atom. The second-order valence-corrected chi connectivity index (χ2v) is 4.41. The molecule has 0 aliphatic heterocycles. The summed E-state index contributed by atoms with van der Waals surface area (Å²) in [5.74, 6) is 0.917. The van der Waals surface area contributed by atoms with E-state index in [0.717, 1.165) is 18.0 Å². The van der Waals surface area contributed by atoms with Crippen molar-refractivity contribution in [3.05, 3.63) is 47.3 Å². The molecule has 4 heteroatoms. The average molecular weight is 245 g/mol. The van der Waals surface area contributed by atoms with Crippen LogP contribution in [0.1, 0.15) is 16.8 Å². The Balaban J connectivity index is 2.08. The molecule has 1 heterocycles. The predicted molar refractivity (Wildman–Crippen MR) is 71.5 cm³/mol. The summed E-state index contributed by atoms with van der Waals surface area (Å²) < 4.78 is 7.61. The molecule has 0 fully saturated rings. The van der Waals surface area contributed by atoms with Crippen molar-refractivity contribution >= 4 is 0 Å². The molecule has 0 radical (unpaired) electrons. The maximum absolute atomic E-state index is 5.83. The Kier molecular flexibility index (Phi) is 3.99. The van der Waals surface area contributed by atoms with Crippen molar-refractivity contribution in [3.8, 4) is 5.75 Å². The molecule has 1 aromatic heterocycles. The Morgan fingerprint density at radius 1 is 1.33 bits per heavy atom. The molecular formula is C14H19N3O. The zero-order chi connectivity index (χ0) is 13.0. The zero-order valence-corrected chi connectivity index (χ0v) is 11.1. The maximum atomic E-state index is 5.83. The van der Waals surface area contributed by atoms with Crippen molar-refractivity contribution in [2.24, 2.45) is 7.05 Å². The lowest BCUT2D eigenvalue weighted by molar-refractivity contribution is 0.296. The van der Waals surface area contributed by atoms with Crippen LogP contribution in [0.15, 0.2) is 30.5 Å². The monoisotopic (exact) mass is 245 g/mol. The van der Waals surface area contributed by atoms with Gasteiger partial charge in [-0.05, 0) is 26.1 Å². The van der Waals surface area contributed by atoms with E-state index in [-0.39, 0.29) is 0 Å². The fourth-order valence-corrected chi connectivity index (χ4v) is 1.87. The van der Waals surface area contributed by atoms with Crippen molar-refractivity contribution in [2.75, 3.05) is 7.05 Å². The quantitative estimate of drug-likeness (QED) is 0.876. The zero-order valence-electron chi connectivity index (χ0n) is 11.1. The third kappa shape index (κ3) is 3.11. The van der Waals surface area contributed by atoms with Crippen molar-refractivity contribution in [2.45, 2.75) is 20.1 Å². The standard InChI is InChI=1S/C14H19N3O/c1-11-4-5-14(12(8-11)9-15-2)18-10-13-6-7-17(3)16-13/h4-8,15H,9-10H2,1-3H3. The van der Waals surface area contributed by atoms with Crippen LogP contribution in [0.5, 0.6) is 5.75 Å². The van der Waals surface area contributed by atoms with Crippen LogP contribution in [0.2, 0.25) is 0 Å². The lowest BCUT2D eigenvalue weighted by Crippen LogP contribution is -2.08. The number of benzene rings is 1. The highest BCUT2D eigenvalue weighted by molar-refractivity contribution is 5.36. The molecular weight excluding hydrogens is 226 g/mol. The van der Waals surface area contributed by atoms with Gasteiger partial charge in [-0.3, -0.25) is 4.68 Å². The number of aromatic nitrogens is 2. The summed E-state index contributed by atoms with van der Waals surface area (Å²) in [5.41, 5.74) is 3.35. The van der Waals surface area contributed by atoms with Gasteiger partial charge in [-0.1, -0.05) is 17.7 Å². The normalized spacial score (nSPS) is 10.6. The summed E-state index contributed by atoms with van der Waals surface area (Å²) in [6, 6.07) is 8.19. The highest BCUT2D eigenvalue weighted by atomic mass is 16.5. The number of ether oxygens (including phenoxy) is 1. The lowest BCUT2D eigenvalue weighted by Gasteiger charge is -2.11. The van der Waals surface area contributed by atoms with Gasteiger partial charge in [-0.2, -0.15) is 5.10 Å². The SMILES string of the molecule is CNCc1cc(C)ccc1OCc1ccn(C)n1. The summed E-state index contributed by atoms with van der Waals surface area (Å²) in [5, 5.41) is 7.45. The van der Waals surface area contributed by atoms with Crippen LogP contribution in [-0.2, 0) is 20.2 Å². The van der Waals surface area contributed by atoms with Gasteiger partial charge in [-0.25, -0.2) is 0 Å². The van der Waals surface area contributed by atoms with Crippen LogP contribution in [0, 0.1) is 6.92 Å². The van der Waals surface area contributed by atoms with Crippen LogP contribution < -0.4 is 10.1 Å². The topological polar surface area (TPSA) is 39.1 Å². The van der Waals surface area contributed by atoms with Crippen LogP contribution in [0.3, 0.4) is 0 Å². The van der Waals surface area contributed by atoms with E-state index in [1.54, 1.807) is 4.68 Å². The Bertz CT molecular complexity index is 520. The molecule has 0 spiro atoms. The number of rotatable bonds is 5. The van der Waals surface area contributed by atoms with Crippen LogP contribution in [0.25, 0.3) is 0 Å². The smallest absolute Gasteiger partial charge is 0.132 e. The van der Waals surface area contributed by atoms with Crippen molar-refractivity contribution in [1.82, 2.24) is 15.1 Å². The Hall–Kier alpha value is -1.81. The van der Waals surface area contributed by atoms with E-state index >= 15 is 0 Å². The molecule has 0 saturated heterocycles. The Labute approximate surface area is 108 Å². The fraction of sp³-hybridized carbons (Fsp3) is 0.357. The summed E-state index contributed by atoms with van der Waals surface area (Å²) in [7, 11) is 3.84. The molecule has 1 N–H and O–H groups in total. The van der Waals surface area contributed by atoms with E-state index in [4.69, 9.17) is 4.74 Å². The highest BCUT2D eigenvalue weighted by Gasteiger charge is 2.05. The van der Waals surface area contributed by atoms with Crippen molar-refractivity contribution in [3.63, 3.8) is 0 Å². The van der Waals surface area contributed by atoms with Gasteiger partial charge >= 0.3 is 0 Å². The molecule has 1 aromatic carbocycles. The summed E-state index contributed by atoms with van der Waals surface area (Å²) in [6.07, 6.45) is 1.92. The molecule has 0 unspecified atom stereocenters. The number of aryl methyl sites for hydroxylation is 2. The third-order valence-corrected chi connectivity index (χ3v) is 2.73. The molecule has 4 nitrogen and oxygen atoms in total. The van der Waals surface area contributed by atoms with E-state index in [1.807, 2.05) is 32.4 Å². The number of nitrogens with zero attached hydrogens (tertiary/aromatic N) is 2. The number of nitrogens with one attached hydrogen (secondary N) is 1. The molecule has 96 valence electrons. The van der Waals surface area contributed by atoms with Gasteiger partial charge in [-0.15, -0.1) is 0 Å². The van der Waals surface area contributed by atoms with Gasteiger partial charge in [0, 0.05) is 25.4 Å². The van der Waals surface area contributed by atoms with E-state index in [9.17, 15) is 0 Å². The first-order valence-electron chi connectivity index (χ1n) is 6.04. The molecule has 2 rings (SSSR count). The molecule has 18 heavy (non-hydrogen) atoms. The van der Waals surface area contributed by atoms with Gasteiger partial charge in [0.15, 0.2) is 0 Å². The van der Waals surface area contributed by atoms with Gasteiger partial charge in [0.25, 0.3) is 0 Å². The minimum atomic E-state index is 0.501. The fourth-order valence-electron chi connectivity index (χ4n) is 1.87. The van der Waals surface area contributed by atoms with Crippen LogP contribution >= 0.6 is 0 Å². The van der Waals surface area contributed by atoms with Gasteiger partial charge in [0.1, 0.15) is 12.4 Å². The Morgan fingerprint density at radius 2 is 2.17 bits per heavy atom. The van der Waals surface area contributed by atoms with Gasteiger partial charge in [0.05, 0.1) is 5.69 Å². The third-order valence-electron chi connectivity index (χ3n) is 2.73. The van der Waals surface area contributed by atoms with E-state index in [1.165, 1.54) is 11.1 Å². The second-order valence-electron chi connectivity index (χ2n) is 4.41. The second kappa shape index (κ2) is 5.69. The van der Waals surface area contributed by atoms with Gasteiger partial charge < -0.3 is 10.1 Å². The van der Waals surface area contributed by atoms with Gasteiger partial charge in [0.2, 0.25) is 0 Å². The highest BCUT2D eigenvalue weighted by Crippen LogP contribution is 2.20. The van der Waals surface area contributed by atoms with Crippen molar-refractivity contribution < 1.29 is 4.74 Å². The summed E-state index contributed by atoms with van der Waals surface area (Å²) in [6.45, 7) is 3.39. The number of hydrogen-bond donors (Lipinski definition) is 1. The molecule has 0 aliphatic rings. The molecule has 0 bridgehead atoms. The number of hydrogen-bond acceptors (Lipinski definition) is 3. The van der Waals surface area contributed by atoms with E-state index in [0.29, 0.717) is 6.61 Å².